The quantitative estimate of drug-likeness (QED) is 0.344. The summed E-state index contributed by atoms with van der Waals surface area (Å²) in [6.45, 7) is 7.11. The Morgan fingerprint density at radius 2 is 1.96 bits per heavy atom. The summed E-state index contributed by atoms with van der Waals surface area (Å²) >= 11 is 2.40. The number of hydrogen-bond donors (Lipinski definition) is 1. The fraction of sp³-hybridized carbons (Fsp3) is 0.650. The van der Waals surface area contributed by atoms with Crippen LogP contribution in [-0.4, -0.2) is 25.2 Å². The lowest BCUT2D eigenvalue weighted by Gasteiger charge is -2.49. The first-order chi connectivity index (χ1) is 11.5. The Balaban J connectivity index is 2.18. The Bertz CT molecular complexity index is 523. The van der Waals surface area contributed by atoms with E-state index in [-0.39, 0.29) is 11.4 Å². The number of carbonyl (C=O) groups excluding carboxylic acids is 1. The average Bonchev–Trinajstić information content (AvgIpc) is 2.52. The van der Waals surface area contributed by atoms with Gasteiger partial charge in [-0.1, -0.05) is 67.1 Å². The van der Waals surface area contributed by atoms with Gasteiger partial charge in [0.1, 0.15) is 0 Å². The van der Waals surface area contributed by atoms with Gasteiger partial charge in [-0.2, -0.15) is 0 Å². The van der Waals surface area contributed by atoms with Crippen molar-refractivity contribution in [2.45, 2.75) is 62.3 Å². The monoisotopic (exact) mass is 443 g/mol. The van der Waals surface area contributed by atoms with E-state index in [0.29, 0.717) is 25.1 Å². The molecule has 1 unspecified atom stereocenters. The number of carbonyl (C=O) groups is 1. The summed E-state index contributed by atoms with van der Waals surface area (Å²) in [6.07, 6.45) is 4.74. The predicted octanol–water partition coefficient (Wildman–Crippen LogP) is 4.61. The second-order valence-electron chi connectivity index (χ2n) is 7.21. The lowest BCUT2D eigenvalue weighted by atomic mass is 9.58. The molecule has 1 N–H and O–H groups in total. The Morgan fingerprint density at radius 3 is 2.42 bits per heavy atom. The average molecular weight is 443 g/mol. The number of nitrogens with one attached hydrogen (secondary N) is 1. The van der Waals surface area contributed by atoms with Gasteiger partial charge in [-0.05, 0) is 43.2 Å². The molecule has 0 spiro atoms. The van der Waals surface area contributed by atoms with E-state index in [4.69, 9.17) is 4.74 Å². The summed E-state index contributed by atoms with van der Waals surface area (Å²) in [7, 11) is 0. The maximum Gasteiger partial charge on any atom is 0.319 e. The van der Waals surface area contributed by atoms with Gasteiger partial charge in [0.25, 0.3) is 0 Å². The van der Waals surface area contributed by atoms with Crippen LogP contribution in [-0.2, 0) is 19.4 Å². The molecule has 0 heterocycles. The van der Waals surface area contributed by atoms with Crippen LogP contribution in [0, 0.1) is 5.92 Å². The van der Waals surface area contributed by atoms with Gasteiger partial charge in [0, 0.05) is 15.9 Å². The molecule has 1 saturated carbocycles. The van der Waals surface area contributed by atoms with Crippen molar-refractivity contribution in [1.29, 1.82) is 0 Å². The minimum absolute atomic E-state index is 0.152. The number of rotatable bonds is 9. The van der Waals surface area contributed by atoms with Crippen LogP contribution in [0.3, 0.4) is 0 Å². The molecule has 1 aromatic rings. The Kier molecular flexibility index (Phi) is 7.54. The van der Waals surface area contributed by atoms with Crippen LogP contribution in [0.2, 0.25) is 0 Å². The first-order valence-electron chi connectivity index (χ1n) is 9.06. The third kappa shape index (κ3) is 4.72. The molecule has 2 rings (SSSR count). The fourth-order valence-corrected chi connectivity index (χ4v) is 4.22. The van der Waals surface area contributed by atoms with Gasteiger partial charge in [0.2, 0.25) is 0 Å². The smallest absolute Gasteiger partial charge is 0.319 e. The fourth-order valence-electron chi connectivity index (χ4n) is 3.72. The van der Waals surface area contributed by atoms with Crippen molar-refractivity contribution in [3.05, 3.63) is 35.4 Å². The first-order valence-corrected chi connectivity index (χ1v) is 10.6. The minimum Gasteiger partial charge on any atom is -0.465 e. The molecule has 0 bridgehead atoms. The van der Waals surface area contributed by atoms with Crippen LogP contribution >= 0.6 is 22.6 Å². The van der Waals surface area contributed by atoms with Crippen molar-refractivity contribution >= 4 is 28.6 Å². The summed E-state index contributed by atoms with van der Waals surface area (Å²) < 4.78 is 6.14. The standard InChI is InChI=1S/C20H30INO2/c1-4-24-19(23)14-22-18(12-15(2)3)20(10-5-11-20)17-8-6-16(13-21)7-9-17/h6-9,15,18,22H,4-5,10-14H2,1-3H3. The molecule has 1 aliphatic rings. The van der Waals surface area contributed by atoms with Gasteiger partial charge in [0.15, 0.2) is 0 Å². The zero-order chi connectivity index (χ0) is 17.6. The number of benzene rings is 1. The molecule has 0 radical (unpaired) electrons. The molecule has 0 aliphatic heterocycles. The normalized spacial score (nSPS) is 17.4. The third-order valence-corrected chi connectivity index (χ3v) is 5.98. The molecule has 1 aromatic carbocycles. The molecule has 0 aromatic heterocycles. The van der Waals surface area contributed by atoms with Crippen molar-refractivity contribution in [1.82, 2.24) is 5.32 Å². The van der Waals surface area contributed by atoms with E-state index in [2.05, 4.69) is 66.0 Å². The number of esters is 1. The third-order valence-electron chi connectivity index (χ3n) is 5.10. The number of hydrogen-bond acceptors (Lipinski definition) is 3. The molecule has 134 valence electrons. The number of ether oxygens (including phenoxy) is 1. The van der Waals surface area contributed by atoms with Crippen LogP contribution in [0.1, 0.15) is 57.6 Å². The van der Waals surface area contributed by atoms with Crippen molar-refractivity contribution < 1.29 is 9.53 Å². The van der Waals surface area contributed by atoms with E-state index in [0.717, 1.165) is 10.8 Å². The van der Waals surface area contributed by atoms with E-state index in [1.54, 1.807) is 0 Å². The van der Waals surface area contributed by atoms with E-state index < -0.39 is 0 Å². The lowest BCUT2D eigenvalue weighted by molar-refractivity contribution is -0.142. The predicted molar refractivity (Wildman–Crippen MR) is 108 cm³/mol. The van der Waals surface area contributed by atoms with Crippen molar-refractivity contribution in [3.63, 3.8) is 0 Å². The second kappa shape index (κ2) is 9.18. The molecule has 1 aliphatic carbocycles. The highest BCUT2D eigenvalue weighted by Crippen LogP contribution is 2.48. The highest BCUT2D eigenvalue weighted by molar-refractivity contribution is 14.1. The van der Waals surface area contributed by atoms with Crippen molar-refractivity contribution in [2.75, 3.05) is 13.2 Å². The summed E-state index contributed by atoms with van der Waals surface area (Å²) in [5.74, 6) is 0.441. The molecule has 0 amide bonds. The molecular formula is C20H30INO2. The molecule has 3 nitrogen and oxygen atoms in total. The Morgan fingerprint density at radius 1 is 1.29 bits per heavy atom. The number of alkyl halides is 1. The van der Waals surface area contributed by atoms with Gasteiger partial charge in [0.05, 0.1) is 13.2 Å². The van der Waals surface area contributed by atoms with E-state index >= 15 is 0 Å². The molecule has 4 heteroatoms. The highest BCUT2D eigenvalue weighted by atomic mass is 127. The van der Waals surface area contributed by atoms with Crippen LogP contribution in [0.25, 0.3) is 0 Å². The summed E-state index contributed by atoms with van der Waals surface area (Å²) in [4.78, 5) is 11.8. The van der Waals surface area contributed by atoms with E-state index in [9.17, 15) is 4.79 Å². The van der Waals surface area contributed by atoms with Gasteiger partial charge in [-0.25, -0.2) is 0 Å². The topological polar surface area (TPSA) is 38.3 Å². The van der Waals surface area contributed by atoms with Gasteiger partial charge >= 0.3 is 5.97 Å². The van der Waals surface area contributed by atoms with E-state index in [1.807, 2.05) is 6.92 Å². The van der Waals surface area contributed by atoms with Gasteiger partial charge in [-0.15, -0.1) is 0 Å². The van der Waals surface area contributed by atoms with E-state index in [1.165, 1.54) is 30.4 Å². The zero-order valence-corrected chi connectivity index (χ0v) is 17.3. The summed E-state index contributed by atoms with van der Waals surface area (Å²) in [5.41, 5.74) is 2.96. The first kappa shape index (κ1) is 19.7. The Labute approximate surface area is 160 Å². The second-order valence-corrected chi connectivity index (χ2v) is 7.97. The largest absolute Gasteiger partial charge is 0.465 e. The van der Waals surface area contributed by atoms with Crippen LogP contribution < -0.4 is 5.32 Å². The maximum atomic E-state index is 11.8. The van der Waals surface area contributed by atoms with Crippen molar-refractivity contribution in [2.24, 2.45) is 5.92 Å². The zero-order valence-electron chi connectivity index (χ0n) is 15.1. The summed E-state index contributed by atoms with van der Waals surface area (Å²) in [5, 5.41) is 3.53. The van der Waals surface area contributed by atoms with Crippen LogP contribution in [0.4, 0.5) is 0 Å². The van der Waals surface area contributed by atoms with Crippen LogP contribution in [0.5, 0.6) is 0 Å². The summed E-state index contributed by atoms with van der Waals surface area (Å²) in [6, 6.07) is 9.42. The molecule has 1 atom stereocenters. The molecular weight excluding hydrogens is 413 g/mol. The Hall–Kier alpha value is -0.620. The van der Waals surface area contributed by atoms with Crippen molar-refractivity contribution in [3.8, 4) is 0 Å². The van der Waals surface area contributed by atoms with Crippen LogP contribution in [0.15, 0.2) is 24.3 Å². The molecule has 1 fully saturated rings. The highest BCUT2D eigenvalue weighted by Gasteiger charge is 2.45. The maximum absolute atomic E-state index is 11.8. The lowest BCUT2D eigenvalue weighted by Crippen LogP contribution is -2.54. The SMILES string of the molecule is CCOC(=O)CNC(CC(C)C)C1(c2ccc(CI)cc2)CCC1. The molecule has 0 saturated heterocycles. The minimum atomic E-state index is -0.152. The van der Waals surface area contributed by atoms with Gasteiger partial charge in [-0.3, -0.25) is 4.79 Å². The molecule has 24 heavy (non-hydrogen) atoms. The number of halogens is 1. The van der Waals surface area contributed by atoms with Gasteiger partial charge < -0.3 is 10.1 Å².